The smallest absolute Gasteiger partial charge is 0.410 e. The molecule has 4 aromatic rings. The van der Waals surface area contributed by atoms with Crippen molar-refractivity contribution in [3.05, 3.63) is 89.6 Å². The minimum atomic E-state index is -1.54. The lowest BCUT2D eigenvalue weighted by atomic mass is 10.1. The minimum absolute atomic E-state index is 0.0772. The Bertz CT molecular complexity index is 1770. The van der Waals surface area contributed by atoms with Gasteiger partial charge < -0.3 is 19.4 Å². The van der Waals surface area contributed by atoms with Crippen LogP contribution in [0, 0.1) is 11.3 Å². The van der Waals surface area contributed by atoms with Gasteiger partial charge in [0.25, 0.3) is 5.91 Å². The first-order valence-electron chi connectivity index (χ1n) is 14.6. The molecule has 224 valence electrons. The highest BCUT2D eigenvalue weighted by atomic mass is 32.2. The molecule has 44 heavy (non-hydrogen) atoms. The maximum atomic E-state index is 14.2. The highest BCUT2D eigenvalue weighted by Crippen LogP contribution is 2.33. The summed E-state index contributed by atoms with van der Waals surface area (Å²) in [6.07, 6.45) is 2.35. The van der Waals surface area contributed by atoms with Crippen molar-refractivity contribution in [3.8, 4) is 6.07 Å². The summed E-state index contributed by atoms with van der Waals surface area (Å²) in [6.45, 7) is 1.65. The molecule has 2 atom stereocenters. The molecule has 1 unspecified atom stereocenters. The zero-order valence-electron chi connectivity index (χ0n) is 24.4. The van der Waals surface area contributed by atoms with Crippen molar-refractivity contribution in [2.24, 2.45) is 0 Å². The highest BCUT2D eigenvalue weighted by molar-refractivity contribution is 7.84. The molecule has 2 aliphatic rings. The van der Waals surface area contributed by atoms with Gasteiger partial charge in [0.2, 0.25) is 5.16 Å². The first-order valence-corrected chi connectivity index (χ1v) is 16.1. The fourth-order valence-corrected chi connectivity index (χ4v) is 6.37. The van der Waals surface area contributed by atoms with Gasteiger partial charge >= 0.3 is 6.09 Å². The van der Waals surface area contributed by atoms with Crippen LogP contribution in [0.4, 0.5) is 16.3 Å². The molecular formula is C33H32N6O4S. The molecule has 0 saturated carbocycles. The van der Waals surface area contributed by atoms with Crippen molar-refractivity contribution in [2.75, 3.05) is 42.2 Å². The number of carbonyl (C=O) groups is 2. The Balaban J connectivity index is 1.31. The Hall–Kier alpha value is -4.82. The molecule has 11 heteroatoms. The standard InChI is InChI=1S/C33H32N6O4S/c1-44(42)32-35-29-27(14-8-18-39(31(29)40)28-15-7-12-24-11-5-6-13-26(24)28)30(36-32)37-19-20-38(25(21-37)16-17-34)33(41)43-22-23-9-3-2-4-10-23/h2-7,9-13,15,25H,8,14,16,18-22H2,1H3/t25-,44?/m0/s1. The van der Waals surface area contributed by atoms with Gasteiger partial charge in [-0.15, -0.1) is 0 Å². The Labute approximate surface area is 258 Å². The maximum Gasteiger partial charge on any atom is 0.410 e. The first kappa shape index (κ1) is 29.3. The molecule has 0 aliphatic carbocycles. The number of benzene rings is 3. The van der Waals surface area contributed by atoms with Crippen molar-refractivity contribution >= 4 is 45.1 Å². The van der Waals surface area contributed by atoms with E-state index in [1.54, 1.807) is 9.80 Å². The quantitative estimate of drug-likeness (QED) is 0.289. The second kappa shape index (κ2) is 12.8. The van der Waals surface area contributed by atoms with Gasteiger partial charge in [-0.1, -0.05) is 66.7 Å². The second-order valence-electron chi connectivity index (χ2n) is 10.9. The third-order valence-electron chi connectivity index (χ3n) is 8.08. The monoisotopic (exact) mass is 608 g/mol. The van der Waals surface area contributed by atoms with Crippen LogP contribution in [0.3, 0.4) is 0 Å². The van der Waals surface area contributed by atoms with Crippen LogP contribution in [0.1, 0.15) is 34.5 Å². The molecule has 1 aromatic heterocycles. The summed E-state index contributed by atoms with van der Waals surface area (Å²) >= 11 is 0. The van der Waals surface area contributed by atoms with E-state index in [1.807, 2.05) is 77.7 Å². The van der Waals surface area contributed by atoms with Crippen molar-refractivity contribution in [3.63, 3.8) is 0 Å². The van der Waals surface area contributed by atoms with Crippen molar-refractivity contribution < 1.29 is 18.5 Å². The average Bonchev–Trinajstić information content (AvgIpc) is 3.22. The third kappa shape index (κ3) is 5.85. The van der Waals surface area contributed by atoms with E-state index in [-0.39, 0.29) is 29.8 Å². The molecule has 0 bridgehead atoms. The van der Waals surface area contributed by atoms with Crippen LogP contribution in [0.2, 0.25) is 0 Å². The van der Waals surface area contributed by atoms with Crippen molar-refractivity contribution in [2.45, 2.75) is 37.1 Å². The summed E-state index contributed by atoms with van der Waals surface area (Å²) in [5.74, 6) is 0.273. The fraction of sp³-hybridized carbons (Fsp3) is 0.303. The molecule has 10 nitrogen and oxygen atoms in total. The summed E-state index contributed by atoms with van der Waals surface area (Å²) < 4.78 is 18.3. The van der Waals surface area contributed by atoms with Crippen LogP contribution >= 0.6 is 0 Å². The van der Waals surface area contributed by atoms with Crippen LogP contribution < -0.4 is 9.80 Å². The van der Waals surface area contributed by atoms with E-state index in [0.29, 0.717) is 50.4 Å². The summed E-state index contributed by atoms with van der Waals surface area (Å²) in [5.41, 5.74) is 2.62. The van der Waals surface area contributed by atoms with Gasteiger partial charge in [0.1, 0.15) is 18.1 Å². The predicted molar refractivity (Wildman–Crippen MR) is 168 cm³/mol. The normalized spacial score (nSPS) is 17.5. The van der Waals surface area contributed by atoms with E-state index in [2.05, 4.69) is 11.1 Å². The fourth-order valence-electron chi connectivity index (χ4n) is 5.94. The van der Waals surface area contributed by atoms with Gasteiger partial charge in [-0.3, -0.25) is 9.00 Å². The number of hydrogen-bond acceptors (Lipinski definition) is 8. The van der Waals surface area contributed by atoms with Crippen LogP contribution in [-0.2, 0) is 28.6 Å². The van der Waals surface area contributed by atoms with E-state index in [9.17, 15) is 19.1 Å². The van der Waals surface area contributed by atoms with Gasteiger partial charge in [-0.25, -0.2) is 14.8 Å². The second-order valence-corrected chi connectivity index (χ2v) is 12.1. The molecule has 6 rings (SSSR count). The number of nitrogens with zero attached hydrogens (tertiary/aromatic N) is 6. The molecular weight excluding hydrogens is 576 g/mol. The first-order chi connectivity index (χ1) is 21.4. The zero-order valence-corrected chi connectivity index (χ0v) is 25.2. The SMILES string of the molecule is CS(=O)c1nc2c(c(N3CCN(C(=O)OCc4ccccc4)[C@@H](CC#N)C3)n1)CCCN(c1cccc3ccccc13)C2=O. The molecule has 1 fully saturated rings. The third-order valence-corrected chi connectivity index (χ3v) is 8.78. The van der Waals surface area contributed by atoms with E-state index < -0.39 is 22.9 Å². The molecule has 3 heterocycles. The number of ether oxygens (including phenoxy) is 1. The molecule has 2 aliphatic heterocycles. The lowest BCUT2D eigenvalue weighted by Crippen LogP contribution is -2.55. The molecule has 1 saturated heterocycles. The molecule has 3 aromatic carbocycles. The maximum absolute atomic E-state index is 14.2. The molecule has 0 N–H and O–H groups in total. The van der Waals surface area contributed by atoms with E-state index >= 15 is 0 Å². The molecule has 2 amide bonds. The summed E-state index contributed by atoms with van der Waals surface area (Å²) in [6, 6.07) is 25.0. The Kier molecular flexibility index (Phi) is 8.52. The summed E-state index contributed by atoms with van der Waals surface area (Å²) in [5, 5.41) is 11.7. The highest BCUT2D eigenvalue weighted by Gasteiger charge is 2.36. The predicted octanol–water partition coefficient (Wildman–Crippen LogP) is 4.70. The number of carbonyl (C=O) groups excluding carboxylic acids is 2. The number of rotatable bonds is 6. The molecule has 0 radical (unpaired) electrons. The van der Waals surface area contributed by atoms with E-state index in [1.165, 1.54) is 6.26 Å². The number of anilines is 2. The Morgan fingerprint density at radius 2 is 1.80 bits per heavy atom. The Morgan fingerprint density at radius 1 is 1.02 bits per heavy atom. The van der Waals surface area contributed by atoms with Gasteiger partial charge in [-0.05, 0) is 29.9 Å². The average molecular weight is 609 g/mol. The minimum Gasteiger partial charge on any atom is -0.445 e. The summed E-state index contributed by atoms with van der Waals surface area (Å²) in [7, 11) is -1.54. The van der Waals surface area contributed by atoms with Crippen LogP contribution in [0.15, 0.2) is 78.0 Å². The van der Waals surface area contributed by atoms with Crippen molar-refractivity contribution in [1.82, 2.24) is 14.9 Å². The van der Waals surface area contributed by atoms with Gasteiger partial charge in [0, 0.05) is 43.4 Å². The Morgan fingerprint density at radius 3 is 2.59 bits per heavy atom. The van der Waals surface area contributed by atoms with Gasteiger partial charge in [-0.2, -0.15) is 5.26 Å². The lowest BCUT2D eigenvalue weighted by Gasteiger charge is -2.41. The number of hydrogen-bond donors (Lipinski definition) is 0. The van der Waals surface area contributed by atoms with Crippen molar-refractivity contribution in [1.29, 1.82) is 5.26 Å². The van der Waals surface area contributed by atoms with Gasteiger partial charge in [0.05, 0.1) is 35.0 Å². The largest absolute Gasteiger partial charge is 0.445 e. The van der Waals surface area contributed by atoms with E-state index in [0.717, 1.165) is 22.0 Å². The topological polar surface area (TPSA) is 120 Å². The van der Waals surface area contributed by atoms with E-state index in [4.69, 9.17) is 9.72 Å². The number of aromatic nitrogens is 2. The van der Waals surface area contributed by atoms with Crippen LogP contribution in [0.5, 0.6) is 0 Å². The van der Waals surface area contributed by atoms with Crippen LogP contribution in [-0.4, -0.2) is 69.6 Å². The number of nitriles is 1. The van der Waals surface area contributed by atoms with Crippen LogP contribution in [0.25, 0.3) is 10.8 Å². The molecule has 0 spiro atoms. The van der Waals surface area contributed by atoms with Gasteiger partial charge in [0.15, 0.2) is 0 Å². The number of amides is 2. The lowest BCUT2D eigenvalue weighted by molar-refractivity contribution is 0.0767. The number of fused-ring (bicyclic) bond motifs is 2. The zero-order chi connectivity index (χ0) is 30.6. The summed E-state index contributed by atoms with van der Waals surface area (Å²) in [4.78, 5) is 41.9. The number of piperazine rings is 1.